The zero-order valence-corrected chi connectivity index (χ0v) is 16.7. The van der Waals surface area contributed by atoms with Crippen LogP contribution >= 0.6 is 0 Å². The number of carbonyl (C=O) groups is 2. The maximum absolute atomic E-state index is 12.3. The highest BCUT2D eigenvalue weighted by atomic mass is 16.6. The number of aliphatic hydroxyl groups excluding tert-OH is 1. The first-order chi connectivity index (χ1) is 13.7. The first-order valence-corrected chi connectivity index (χ1v) is 9.45. The number of hydrogen-bond acceptors (Lipinski definition) is 8. The fourth-order valence-electron chi connectivity index (χ4n) is 2.90. The first kappa shape index (κ1) is 20.9. The van der Waals surface area contributed by atoms with Crippen LogP contribution in [0, 0.1) is 11.8 Å². The lowest BCUT2D eigenvalue weighted by Gasteiger charge is -2.17. The number of aliphatic hydroxyl groups is 1. The Hall–Kier alpha value is -2.79. The van der Waals surface area contributed by atoms with Gasteiger partial charge >= 0.3 is 5.97 Å². The predicted octanol–water partition coefficient (Wildman–Crippen LogP) is 0.562. The van der Waals surface area contributed by atoms with Gasteiger partial charge in [0.05, 0.1) is 18.9 Å². The Bertz CT molecular complexity index is 965. The minimum absolute atomic E-state index is 0.00226. The summed E-state index contributed by atoms with van der Waals surface area (Å²) < 4.78 is 12.8. The normalized spacial score (nSPS) is 21.8. The van der Waals surface area contributed by atoms with Crippen molar-refractivity contribution in [1.29, 1.82) is 0 Å². The van der Waals surface area contributed by atoms with Gasteiger partial charge in [-0.2, -0.15) is 4.98 Å². The molecule has 2 aromatic heterocycles. The lowest BCUT2D eigenvalue weighted by atomic mass is 10.1. The Balaban J connectivity index is 1.89. The number of H-pyrrole nitrogens is 1. The Kier molecular flexibility index (Phi) is 5.99. The summed E-state index contributed by atoms with van der Waals surface area (Å²) in [5.74, 6) is -1.28. The van der Waals surface area contributed by atoms with Crippen molar-refractivity contribution >= 4 is 29.0 Å². The van der Waals surface area contributed by atoms with Gasteiger partial charge in [0.1, 0.15) is 18.4 Å². The average Bonchev–Trinajstić information content (AvgIpc) is 3.25. The number of ether oxygens (including phenoxy) is 2. The maximum atomic E-state index is 12.3. The molecule has 0 radical (unpaired) electrons. The summed E-state index contributed by atoms with van der Waals surface area (Å²) in [6.07, 6.45) is -0.337. The van der Waals surface area contributed by atoms with Gasteiger partial charge in [-0.15, -0.1) is 0 Å². The number of fused-ring (bicyclic) bond motifs is 1. The number of amides is 1. The summed E-state index contributed by atoms with van der Waals surface area (Å²) in [6.45, 7) is 6.54. The number of aromatic nitrogens is 4. The van der Waals surface area contributed by atoms with Gasteiger partial charge in [0.25, 0.3) is 5.56 Å². The molecule has 3 atom stereocenters. The Morgan fingerprint density at radius 3 is 2.72 bits per heavy atom. The summed E-state index contributed by atoms with van der Waals surface area (Å²) in [5, 5.41) is 12.1. The van der Waals surface area contributed by atoms with Crippen molar-refractivity contribution in [3.05, 3.63) is 16.7 Å². The fourth-order valence-corrected chi connectivity index (χ4v) is 2.90. The molecule has 1 aliphatic rings. The van der Waals surface area contributed by atoms with Gasteiger partial charge in [0.15, 0.2) is 11.2 Å². The predicted molar refractivity (Wildman–Crippen MR) is 102 cm³/mol. The lowest BCUT2D eigenvalue weighted by Crippen LogP contribution is -2.31. The third-order valence-corrected chi connectivity index (χ3v) is 4.61. The highest BCUT2D eigenvalue weighted by Crippen LogP contribution is 2.32. The molecule has 2 aromatic rings. The number of carbonyl (C=O) groups excluding carboxylic acids is 2. The molecule has 1 aliphatic heterocycles. The van der Waals surface area contributed by atoms with E-state index in [4.69, 9.17) is 9.47 Å². The molecule has 0 bridgehead atoms. The number of anilines is 1. The summed E-state index contributed by atoms with van der Waals surface area (Å²) in [7, 11) is 0. The van der Waals surface area contributed by atoms with Crippen molar-refractivity contribution in [2.75, 3.05) is 11.9 Å². The van der Waals surface area contributed by atoms with Gasteiger partial charge in [-0.05, 0) is 0 Å². The number of esters is 1. The first-order valence-electron chi connectivity index (χ1n) is 9.45. The van der Waals surface area contributed by atoms with E-state index in [0.717, 1.165) is 0 Å². The van der Waals surface area contributed by atoms with Gasteiger partial charge in [-0.1, -0.05) is 27.7 Å². The molecule has 3 heterocycles. The molecule has 0 spiro atoms. The summed E-state index contributed by atoms with van der Waals surface area (Å²) in [5.41, 5.74) is -0.211. The van der Waals surface area contributed by atoms with Crippen molar-refractivity contribution in [1.82, 2.24) is 19.5 Å². The largest absolute Gasteiger partial charge is 0.459 e. The van der Waals surface area contributed by atoms with Crippen molar-refractivity contribution in [2.24, 2.45) is 11.8 Å². The molecule has 3 rings (SSSR count). The van der Waals surface area contributed by atoms with E-state index in [-0.39, 0.29) is 53.9 Å². The molecule has 0 saturated carbocycles. The molecule has 29 heavy (non-hydrogen) atoms. The molecule has 11 heteroatoms. The number of nitrogens with one attached hydrogen (secondary N) is 2. The van der Waals surface area contributed by atoms with Crippen LogP contribution in [-0.2, 0) is 19.1 Å². The summed E-state index contributed by atoms with van der Waals surface area (Å²) in [4.78, 5) is 47.0. The average molecular weight is 407 g/mol. The zero-order chi connectivity index (χ0) is 21.3. The summed E-state index contributed by atoms with van der Waals surface area (Å²) >= 11 is 0. The maximum Gasteiger partial charge on any atom is 0.308 e. The smallest absolute Gasteiger partial charge is 0.308 e. The molecular formula is C18H25N5O6. The number of nitrogens with zero attached hydrogens (tertiary/aromatic N) is 3. The molecular weight excluding hydrogens is 382 g/mol. The van der Waals surface area contributed by atoms with Crippen LogP contribution in [0.3, 0.4) is 0 Å². The zero-order valence-electron chi connectivity index (χ0n) is 16.7. The Morgan fingerprint density at radius 1 is 1.38 bits per heavy atom. The van der Waals surface area contributed by atoms with Crippen molar-refractivity contribution in [3.8, 4) is 0 Å². The van der Waals surface area contributed by atoms with Crippen LogP contribution in [0.2, 0.25) is 0 Å². The molecule has 0 aromatic carbocycles. The minimum atomic E-state index is -0.706. The Labute approximate surface area is 166 Å². The highest BCUT2D eigenvalue weighted by Gasteiger charge is 2.39. The van der Waals surface area contributed by atoms with Gasteiger partial charge in [0, 0.05) is 12.3 Å². The summed E-state index contributed by atoms with van der Waals surface area (Å²) in [6, 6.07) is 0. The van der Waals surface area contributed by atoms with E-state index < -0.39 is 24.0 Å². The van der Waals surface area contributed by atoms with Crippen LogP contribution in [0.1, 0.15) is 40.3 Å². The van der Waals surface area contributed by atoms with E-state index in [1.165, 1.54) is 10.9 Å². The molecule has 1 saturated heterocycles. The molecule has 158 valence electrons. The van der Waals surface area contributed by atoms with Crippen LogP contribution < -0.4 is 10.9 Å². The topological polar surface area (TPSA) is 148 Å². The van der Waals surface area contributed by atoms with E-state index in [1.807, 2.05) is 0 Å². The third-order valence-electron chi connectivity index (χ3n) is 4.61. The molecule has 11 nitrogen and oxygen atoms in total. The molecule has 1 fully saturated rings. The number of rotatable bonds is 6. The number of hydrogen-bond donors (Lipinski definition) is 3. The second-order valence-corrected chi connectivity index (χ2v) is 7.56. The van der Waals surface area contributed by atoms with E-state index in [0.29, 0.717) is 0 Å². The van der Waals surface area contributed by atoms with E-state index in [1.54, 1.807) is 27.7 Å². The Morgan fingerprint density at radius 2 is 2.10 bits per heavy atom. The number of aromatic amines is 1. The van der Waals surface area contributed by atoms with E-state index in [9.17, 15) is 19.5 Å². The molecule has 0 aliphatic carbocycles. The van der Waals surface area contributed by atoms with Crippen molar-refractivity contribution in [2.45, 2.75) is 52.6 Å². The van der Waals surface area contributed by atoms with Gasteiger partial charge in [-0.25, -0.2) is 4.98 Å². The minimum Gasteiger partial charge on any atom is -0.459 e. The second kappa shape index (κ2) is 8.29. The lowest BCUT2D eigenvalue weighted by molar-refractivity contribution is -0.156. The quantitative estimate of drug-likeness (QED) is 0.588. The van der Waals surface area contributed by atoms with Gasteiger partial charge < -0.3 is 14.6 Å². The van der Waals surface area contributed by atoms with E-state index >= 15 is 0 Å². The van der Waals surface area contributed by atoms with Crippen LogP contribution in [0.4, 0.5) is 5.95 Å². The van der Waals surface area contributed by atoms with Gasteiger partial charge in [-0.3, -0.25) is 29.3 Å². The number of imidazole rings is 1. The second-order valence-electron chi connectivity index (χ2n) is 7.56. The van der Waals surface area contributed by atoms with Crippen molar-refractivity contribution in [3.63, 3.8) is 0 Å². The third kappa shape index (κ3) is 4.30. The van der Waals surface area contributed by atoms with Crippen LogP contribution in [-0.4, -0.2) is 55.3 Å². The fraction of sp³-hybridized carbons (Fsp3) is 0.611. The molecule has 1 amide bonds. The molecule has 3 N–H and O–H groups in total. The SMILES string of the molecule is CC(C)C(=O)Nc1nc2c(ncn2[C@@H]2C[C@@H](OC(=O)C(C)C)[C@@H](CO)O2)c(=O)[nH]1. The van der Waals surface area contributed by atoms with Crippen LogP contribution in [0.15, 0.2) is 11.1 Å². The van der Waals surface area contributed by atoms with Crippen molar-refractivity contribution < 1.29 is 24.2 Å². The van der Waals surface area contributed by atoms with Gasteiger partial charge in [0.2, 0.25) is 11.9 Å². The highest BCUT2D eigenvalue weighted by molar-refractivity contribution is 5.91. The monoisotopic (exact) mass is 407 g/mol. The molecule has 0 unspecified atom stereocenters. The van der Waals surface area contributed by atoms with Crippen LogP contribution in [0.25, 0.3) is 11.2 Å². The van der Waals surface area contributed by atoms with E-state index in [2.05, 4.69) is 20.3 Å². The standard InChI is InChI=1S/C18H25N5O6/c1-8(2)15(25)21-18-20-14-13(16(26)22-18)19-7-23(14)12-5-10(11(6-24)28-12)29-17(27)9(3)4/h7-12,24H,5-6H2,1-4H3,(H2,20,21,22,25,26)/t10-,11-,12+/m1/s1. The van der Waals surface area contributed by atoms with Crippen LogP contribution in [0.5, 0.6) is 0 Å².